The second kappa shape index (κ2) is 10.4. The lowest BCUT2D eigenvalue weighted by Gasteiger charge is -2.11. The van der Waals surface area contributed by atoms with E-state index in [9.17, 15) is 14.4 Å². The van der Waals surface area contributed by atoms with Gasteiger partial charge in [0.25, 0.3) is 5.91 Å². The zero-order valence-electron chi connectivity index (χ0n) is 17.7. The third kappa shape index (κ3) is 5.43. The first-order valence-electron chi connectivity index (χ1n) is 10.2. The van der Waals surface area contributed by atoms with Crippen molar-refractivity contribution in [2.24, 2.45) is 5.10 Å². The van der Waals surface area contributed by atoms with Crippen LogP contribution in [-0.4, -0.2) is 28.9 Å². The fraction of sp³-hybridized carbons (Fsp3) is 0. The molecule has 34 heavy (non-hydrogen) atoms. The van der Waals surface area contributed by atoms with Crippen molar-refractivity contribution in [3.05, 3.63) is 101 Å². The van der Waals surface area contributed by atoms with Gasteiger partial charge in [-0.25, -0.2) is 10.4 Å². The summed E-state index contributed by atoms with van der Waals surface area (Å²) >= 11 is 6.16. The number of fused-ring (bicyclic) bond motifs is 1. The quantitative estimate of drug-likeness (QED) is 0.175. The maximum atomic E-state index is 12.6. The van der Waals surface area contributed by atoms with E-state index >= 15 is 0 Å². The molecule has 0 saturated heterocycles. The number of amides is 3. The Morgan fingerprint density at radius 1 is 0.824 bits per heavy atom. The van der Waals surface area contributed by atoms with Gasteiger partial charge in [-0.2, -0.15) is 5.10 Å². The van der Waals surface area contributed by atoms with Gasteiger partial charge >= 0.3 is 11.8 Å². The molecular weight excluding hydrogens is 454 g/mol. The third-order valence-electron chi connectivity index (χ3n) is 4.73. The smallest absolute Gasteiger partial charge is 0.322 e. The molecule has 0 fully saturated rings. The molecule has 0 radical (unpaired) electrons. The van der Waals surface area contributed by atoms with Gasteiger partial charge in [-0.1, -0.05) is 60.1 Å². The number of hydrogen-bond acceptors (Lipinski definition) is 5. The molecule has 0 aliphatic carbocycles. The minimum absolute atomic E-state index is 0.182. The summed E-state index contributed by atoms with van der Waals surface area (Å²) in [5, 5.41) is 10.0. The van der Waals surface area contributed by atoms with E-state index in [-0.39, 0.29) is 16.4 Å². The van der Waals surface area contributed by atoms with E-state index in [0.29, 0.717) is 11.3 Å². The predicted octanol–water partition coefficient (Wildman–Crippen LogP) is 4.23. The van der Waals surface area contributed by atoms with Crippen molar-refractivity contribution in [1.29, 1.82) is 0 Å². The largest absolute Gasteiger partial charge is 0.329 e. The van der Waals surface area contributed by atoms with Crippen LogP contribution in [0.2, 0.25) is 5.15 Å². The molecule has 1 heterocycles. The number of carbonyl (C=O) groups is 3. The van der Waals surface area contributed by atoms with E-state index in [1.807, 2.05) is 30.3 Å². The van der Waals surface area contributed by atoms with E-state index in [4.69, 9.17) is 11.6 Å². The zero-order valence-corrected chi connectivity index (χ0v) is 18.4. The summed E-state index contributed by atoms with van der Waals surface area (Å²) in [5.41, 5.74) is 4.33. The summed E-state index contributed by atoms with van der Waals surface area (Å²) in [7, 11) is 0. The number of hydrazone groups is 1. The number of rotatable bonds is 5. The van der Waals surface area contributed by atoms with Crippen molar-refractivity contribution in [2.75, 3.05) is 10.6 Å². The second-order valence-electron chi connectivity index (χ2n) is 7.08. The lowest BCUT2D eigenvalue weighted by molar-refractivity contribution is -0.136. The highest BCUT2D eigenvalue weighted by Gasteiger charge is 2.18. The molecule has 1 aromatic heterocycles. The molecule has 0 atom stereocenters. The van der Waals surface area contributed by atoms with Gasteiger partial charge in [-0.15, -0.1) is 0 Å². The van der Waals surface area contributed by atoms with Crippen molar-refractivity contribution >= 4 is 57.8 Å². The minimum atomic E-state index is -1.01. The van der Waals surface area contributed by atoms with Crippen LogP contribution in [0.3, 0.4) is 0 Å². The molecule has 0 aliphatic rings. The number of benzene rings is 3. The molecule has 9 heteroatoms. The number of anilines is 2. The second-order valence-corrected chi connectivity index (χ2v) is 7.44. The van der Waals surface area contributed by atoms with E-state index < -0.39 is 17.7 Å². The Hall–Kier alpha value is -4.56. The molecule has 0 unspecified atom stereocenters. The van der Waals surface area contributed by atoms with E-state index in [1.54, 1.807) is 48.5 Å². The van der Waals surface area contributed by atoms with E-state index in [0.717, 1.165) is 10.9 Å². The number of para-hydroxylation sites is 3. The molecule has 3 amide bonds. The number of nitrogens with one attached hydrogen (secondary N) is 3. The maximum absolute atomic E-state index is 12.6. The normalized spacial score (nSPS) is 10.7. The highest BCUT2D eigenvalue weighted by atomic mass is 35.5. The highest BCUT2D eigenvalue weighted by Crippen LogP contribution is 2.19. The van der Waals surface area contributed by atoms with Crippen molar-refractivity contribution in [3.63, 3.8) is 0 Å². The van der Waals surface area contributed by atoms with E-state index in [2.05, 4.69) is 26.1 Å². The molecule has 168 valence electrons. The van der Waals surface area contributed by atoms with Crippen LogP contribution in [0, 0.1) is 0 Å². The van der Waals surface area contributed by atoms with Gasteiger partial charge in [-0.05, 0) is 36.4 Å². The van der Waals surface area contributed by atoms with Crippen LogP contribution in [0.15, 0.2) is 90.0 Å². The van der Waals surface area contributed by atoms with Gasteiger partial charge in [0, 0.05) is 16.6 Å². The van der Waals surface area contributed by atoms with Gasteiger partial charge in [0.05, 0.1) is 23.0 Å². The van der Waals surface area contributed by atoms with Crippen molar-refractivity contribution in [2.45, 2.75) is 0 Å². The van der Waals surface area contributed by atoms with Crippen LogP contribution in [0.4, 0.5) is 11.4 Å². The Morgan fingerprint density at radius 2 is 1.53 bits per heavy atom. The Labute approximate surface area is 199 Å². The molecule has 0 aliphatic heterocycles. The zero-order chi connectivity index (χ0) is 23.9. The van der Waals surface area contributed by atoms with Gasteiger partial charge in [-0.3, -0.25) is 14.4 Å². The van der Waals surface area contributed by atoms with Crippen molar-refractivity contribution < 1.29 is 14.4 Å². The fourth-order valence-electron chi connectivity index (χ4n) is 3.10. The fourth-order valence-corrected chi connectivity index (χ4v) is 3.29. The Balaban J connectivity index is 1.41. The molecule has 3 aromatic carbocycles. The summed E-state index contributed by atoms with van der Waals surface area (Å²) in [4.78, 5) is 41.5. The molecular formula is C25H18ClN5O3. The first-order chi connectivity index (χ1) is 16.5. The number of hydrogen-bond donors (Lipinski definition) is 3. The standard InChI is InChI=1S/C25H18ClN5O3/c26-22-17(14-16-8-4-6-12-20(16)29-22)15-27-31-25(34)24(33)30-21-13-7-5-11-19(21)23(32)28-18-9-2-1-3-10-18/h1-15H,(H,28,32)(H,30,33)(H,31,34). The van der Waals surface area contributed by atoms with Crippen LogP contribution in [-0.2, 0) is 9.59 Å². The van der Waals surface area contributed by atoms with Crippen LogP contribution in [0.25, 0.3) is 10.9 Å². The van der Waals surface area contributed by atoms with Crippen LogP contribution in [0.5, 0.6) is 0 Å². The SMILES string of the molecule is O=C(NN=Cc1cc2ccccc2nc1Cl)C(=O)Nc1ccccc1C(=O)Nc1ccccc1. The number of nitrogens with zero attached hydrogens (tertiary/aromatic N) is 2. The van der Waals surface area contributed by atoms with Crippen LogP contribution in [0.1, 0.15) is 15.9 Å². The molecule has 3 N–H and O–H groups in total. The first-order valence-corrected chi connectivity index (χ1v) is 10.5. The number of aromatic nitrogens is 1. The topological polar surface area (TPSA) is 113 Å². The lowest BCUT2D eigenvalue weighted by Crippen LogP contribution is -2.33. The minimum Gasteiger partial charge on any atom is -0.322 e. The third-order valence-corrected chi connectivity index (χ3v) is 5.03. The Bertz CT molecular complexity index is 1410. The monoisotopic (exact) mass is 471 g/mol. The number of pyridine rings is 1. The molecule has 8 nitrogen and oxygen atoms in total. The number of carbonyl (C=O) groups excluding carboxylic acids is 3. The molecule has 4 aromatic rings. The molecule has 0 saturated carbocycles. The molecule has 0 spiro atoms. The molecule has 4 rings (SSSR count). The van der Waals surface area contributed by atoms with Gasteiger partial charge in [0.15, 0.2) is 0 Å². The average molecular weight is 472 g/mol. The van der Waals surface area contributed by atoms with E-state index in [1.165, 1.54) is 12.3 Å². The highest BCUT2D eigenvalue weighted by molar-refractivity contribution is 6.40. The predicted molar refractivity (Wildman–Crippen MR) is 132 cm³/mol. The summed E-state index contributed by atoms with van der Waals surface area (Å²) in [5.74, 6) is -2.43. The van der Waals surface area contributed by atoms with Gasteiger partial charge in [0.1, 0.15) is 5.15 Å². The van der Waals surface area contributed by atoms with Gasteiger partial charge in [0.2, 0.25) is 0 Å². The Morgan fingerprint density at radius 3 is 2.35 bits per heavy atom. The summed E-state index contributed by atoms with van der Waals surface area (Å²) in [6, 6.07) is 24.4. The lowest BCUT2D eigenvalue weighted by atomic mass is 10.1. The summed E-state index contributed by atoms with van der Waals surface area (Å²) < 4.78 is 0. The van der Waals surface area contributed by atoms with Crippen molar-refractivity contribution in [3.8, 4) is 0 Å². The Kier molecular flexibility index (Phi) is 6.90. The number of halogens is 1. The van der Waals surface area contributed by atoms with Crippen LogP contribution < -0.4 is 16.1 Å². The summed E-state index contributed by atoms with van der Waals surface area (Å²) in [6.07, 6.45) is 1.30. The maximum Gasteiger partial charge on any atom is 0.329 e. The molecule has 0 bridgehead atoms. The van der Waals surface area contributed by atoms with Crippen LogP contribution >= 0.6 is 11.6 Å². The summed E-state index contributed by atoms with van der Waals surface area (Å²) in [6.45, 7) is 0. The van der Waals surface area contributed by atoms with Crippen molar-refractivity contribution in [1.82, 2.24) is 10.4 Å². The first kappa shape index (κ1) is 22.6. The van der Waals surface area contributed by atoms with Gasteiger partial charge < -0.3 is 10.6 Å². The average Bonchev–Trinajstić information content (AvgIpc) is 2.85.